The highest BCUT2D eigenvalue weighted by Crippen LogP contribution is 2.19. The molecular formula is C77H137NO8. The normalized spacial score (nSPS) is 13.2. The number of carbonyl (C=O) groups excluding carboxylic acids is 3. The minimum Gasteiger partial charge on any atom is -0.545 e. The van der Waals surface area contributed by atoms with Crippen LogP contribution in [0.2, 0.25) is 0 Å². The van der Waals surface area contributed by atoms with Gasteiger partial charge in [0.2, 0.25) is 0 Å². The maximum atomic E-state index is 12.9. The van der Waals surface area contributed by atoms with E-state index in [4.69, 9.17) is 18.9 Å². The van der Waals surface area contributed by atoms with E-state index < -0.39 is 24.3 Å². The third-order valence-electron chi connectivity index (χ3n) is 15.9. The van der Waals surface area contributed by atoms with Gasteiger partial charge in [0.25, 0.3) is 0 Å². The number of hydrogen-bond donors (Lipinski definition) is 0. The zero-order chi connectivity index (χ0) is 62.6. The van der Waals surface area contributed by atoms with E-state index in [-0.39, 0.29) is 38.6 Å². The number of carboxylic acids is 1. The highest BCUT2D eigenvalue weighted by molar-refractivity contribution is 5.70. The summed E-state index contributed by atoms with van der Waals surface area (Å²) in [6.07, 6.45) is 88.6. The molecule has 0 aliphatic heterocycles. The lowest BCUT2D eigenvalue weighted by molar-refractivity contribution is -0.870. The molecule has 0 aromatic heterocycles. The molecule has 0 heterocycles. The largest absolute Gasteiger partial charge is 0.545 e. The minimum absolute atomic E-state index is 0.134. The fourth-order valence-corrected chi connectivity index (χ4v) is 10.4. The van der Waals surface area contributed by atoms with Crippen LogP contribution in [-0.4, -0.2) is 82.3 Å². The van der Waals surface area contributed by atoms with Crippen LogP contribution in [0.3, 0.4) is 0 Å². The summed E-state index contributed by atoms with van der Waals surface area (Å²) >= 11 is 0. The van der Waals surface area contributed by atoms with Crippen molar-refractivity contribution >= 4 is 17.9 Å². The van der Waals surface area contributed by atoms with Crippen molar-refractivity contribution in [3.8, 4) is 0 Å². The summed E-state index contributed by atoms with van der Waals surface area (Å²) in [5.74, 6) is -2.36. The molecule has 0 saturated carbocycles. The van der Waals surface area contributed by atoms with Gasteiger partial charge in [0.05, 0.1) is 40.3 Å². The van der Waals surface area contributed by atoms with Crippen LogP contribution in [0.4, 0.5) is 0 Å². The Morgan fingerprint density at radius 2 is 0.663 bits per heavy atom. The Kier molecular flexibility index (Phi) is 64.6. The highest BCUT2D eigenvalue weighted by atomic mass is 16.7. The Morgan fingerprint density at radius 1 is 0.360 bits per heavy atom. The van der Waals surface area contributed by atoms with E-state index in [0.29, 0.717) is 23.9 Å². The summed E-state index contributed by atoms with van der Waals surface area (Å²) in [4.78, 5) is 37.4. The van der Waals surface area contributed by atoms with Crippen LogP contribution in [0.5, 0.6) is 0 Å². The van der Waals surface area contributed by atoms with Crippen LogP contribution in [0.1, 0.15) is 328 Å². The molecule has 9 heteroatoms. The number of aliphatic carboxylic acids is 1. The first-order valence-corrected chi connectivity index (χ1v) is 36.2. The molecule has 2 atom stereocenters. The van der Waals surface area contributed by atoms with E-state index in [0.717, 1.165) is 64.2 Å². The van der Waals surface area contributed by atoms with Crippen molar-refractivity contribution in [1.29, 1.82) is 0 Å². The predicted octanol–water partition coefficient (Wildman–Crippen LogP) is 21.3. The van der Waals surface area contributed by atoms with E-state index in [2.05, 4.69) is 98.9 Å². The first-order chi connectivity index (χ1) is 42.1. The average Bonchev–Trinajstić information content (AvgIpc) is 3.64. The molecule has 0 rings (SSSR count). The summed E-state index contributed by atoms with van der Waals surface area (Å²) in [5.41, 5.74) is 0. The number of quaternary nitrogens is 1. The Hall–Kier alpha value is -3.53. The number of esters is 2. The van der Waals surface area contributed by atoms with E-state index in [1.54, 1.807) is 0 Å². The topological polar surface area (TPSA) is 111 Å². The maximum absolute atomic E-state index is 12.9. The van der Waals surface area contributed by atoms with Crippen molar-refractivity contribution < 1.29 is 42.9 Å². The van der Waals surface area contributed by atoms with Crippen molar-refractivity contribution in [2.24, 2.45) is 0 Å². The van der Waals surface area contributed by atoms with Gasteiger partial charge in [-0.25, -0.2) is 0 Å². The van der Waals surface area contributed by atoms with Crippen LogP contribution in [0.25, 0.3) is 0 Å². The van der Waals surface area contributed by atoms with Crippen LogP contribution in [0.15, 0.2) is 85.1 Å². The highest BCUT2D eigenvalue weighted by Gasteiger charge is 2.22. The number of carboxylic acid groups (broad SMARTS) is 1. The lowest BCUT2D eigenvalue weighted by Crippen LogP contribution is -2.44. The molecule has 0 bridgehead atoms. The van der Waals surface area contributed by atoms with Crippen LogP contribution >= 0.6 is 0 Å². The molecule has 0 spiro atoms. The minimum atomic E-state index is -1.64. The third kappa shape index (κ3) is 68.0. The molecule has 0 aliphatic rings. The van der Waals surface area contributed by atoms with Gasteiger partial charge in [0, 0.05) is 12.8 Å². The van der Waals surface area contributed by atoms with E-state index >= 15 is 0 Å². The molecule has 0 N–H and O–H groups in total. The van der Waals surface area contributed by atoms with Crippen molar-refractivity contribution in [1.82, 2.24) is 0 Å². The standard InChI is InChI=1S/C77H137NO8/c1-6-8-10-12-14-16-18-20-22-24-26-28-30-31-32-33-34-35-36-37-38-39-40-41-42-43-44-46-47-49-51-53-55-57-59-61-63-65-67-74(79)84-71-73(72-85-77(76(81)82)83-70-69-78(3,4)5)86-75(80)68-66-64-62-60-58-56-54-52-50-48-45-29-27-25-23-21-19-17-15-13-11-9-7-2/h9,11,15,17,21,23,27,29,48,50,54,56,60,62,73,77H,6-8,10,12-14,16,18-20,22,24-26,28,30-47,49,51-53,55,57-59,61,63-72H2,1-5H3/b11-9-,17-15-,23-21-,29-27-,50-48-,56-54-,62-60-. The smallest absolute Gasteiger partial charge is 0.306 e. The van der Waals surface area contributed by atoms with Gasteiger partial charge in [-0.05, 0) is 64.2 Å². The van der Waals surface area contributed by atoms with E-state index in [1.807, 2.05) is 21.1 Å². The average molecular weight is 1200 g/mol. The van der Waals surface area contributed by atoms with Gasteiger partial charge in [0.15, 0.2) is 12.4 Å². The molecular weight excluding hydrogens is 1070 g/mol. The predicted molar refractivity (Wildman–Crippen MR) is 366 cm³/mol. The molecule has 2 unspecified atom stereocenters. The van der Waals surface area contributed by atoms with E-state index in [1.165, 1.54) is 225 Å². The number of ether oxygens (including phenoxy) is 4. The number of rotatable bonds is 67. The SMILES string of the molecule is CC/C=C\C/C=C\C/C=C\C/C=C\C/C=C\C/C=C\C/C=C\CCCC(=O)OC(COC(=O)CCCCCCCCCCCCCCCCCCCCCCCCCCCCCCCCCCCCCCCC)COC(OCC[N+](C)(C)C)C(=O)[O-]. The quantitative estimate of drug-likeness (QED) is 0.0195. The maximum Gasteiger partial charge on any atom is 0.306 e. The molecule has 0 aromatic carbocycles. The molecule has 86 heavy (non-hydrogen) atoms. The second-order valence-electron chi connectivity index (χ2n) is 25.5. The van der Waals surface area contributed by atoms with Gasteiger partial charge >= 0.3 is 11.9 Å². The zero-order valence-electron chi connectivity index (χ0n) is 56.9. The Morgan fingerprint density at radius 3 is 0.977 bits per heavy atom. The van der Waals surface area contributed by atoms with Gasteiger partial charge in [0.1, 0.15) is 13.2 Å². The number of hydrogen-bond acceptors (Lipinski definition) is 8. The molecule has 0 radical (unpaired) electrons. The van der Waals surface area contributed by atoms with Crippen LogP contribution < -0.4 is 5.11 Å². The van der Waals surface area contributed by atoms with Crippen LogP contribution in [-0.2, 0) is 33.3 Å². The first-order valence-electron chi connectivity index (χ1n) is 36.2. The Balaban J connectivity index is 4.05. The number of likely N-dealkylation sites (N-methyl/N-ethyl adjacent to an activating group) is 1. The van der Waals surface area contributed by atoms with Gasteiger partial charge in [-0.15, -0.1) is 0 Å². The van der Waals surface area contributed by atoms with Crippen molar-refractivity contribution in [2.45, 2.75) is 341 Å². The lowest BCUT2D eigenvalue weighted by Gasteiger charge is -2.26. The van der Waals surface area contributed by atoms with Crippen molar-refractivity contribution in [3.63, 3.8) is 0 Å². The summed E-state index contributed by atoms with van der Waals surface area (Å²) in [7, 11) is 5.91. The summed E-state index contributed by atoms with van der Waals surface area (Å²) in [6.45, 7) is 4.60. The fourth-order valence-electron chi connectivity index (χ4n) is 10.4. The molecule has 0 amide bonds. The van der Waals surface area contributed by atoms with Gasteiger partial charge in [-0.1, -0.05) is 336 Å². The summed E-state index contributed by atoms with van der Waals surface area (Å²) in [6, 6.07) is 0. The Labute approximate surface area is 531 Å². The molecule has 0 saturated heterocycles. The fraction of sp³-hybridized carbons (Fsp3) is 0.779. The monoisotopic (exact) mass is 1200 g/mol. The number of unbranched alkanes of at least 4 members (excludes halogenated alkanes) is 38. The second-order valence-corrected chi connectivity index (χ2v) is 25.5. The molecule has 498 valence electrons. The van der Waals surface area contributed by atoms with Crippen molar-refractivity contribution in [2.75, 3.05) is 47.5 Å². The number of allylic oxidation sites excluding steroid dienone is 14. The zero-order valence-corrected chi connectivity index (χ0v) is 56.9. The van der Waals surface area contributed by atoms with Gasteiger partial charge in [-0.2, -0.15) is 0 Å². The summed E-state index contributed by atoms with van der Waals surface area (Å²) < 4.78 is 22.7. The van der Waals surface area contributed by atoms with Crippen LogP contribution in [0, 0.1) is 0 Å². The third-order valence-corrected chi connectivity index (χ3v) is 15.9. The second kappa shape index (κ2) is 67.4. The lowest BCUT2D eigenvalue weighted by atomic mass is 10.0. The van der Waals surface area contributed by atoms with Crippen molar-refractivity contribution in [3.05, 3.63) is 85.1 Å². The summed E-state index contributed by atoms with van der Waals surface area (Å²) in [5, 5.41) is 11.8. The molecule has 0 fully saturated rings. The molecule has 9 nitrogen and oxygen atoms in total. The van der Waals surface area contributed by atoms with Gasteiger partial charge in [-0.3, -0.25) is 9.59 Å². The van der Waals surface area contributed by atoms with E-state index in [9.17, 15) is 19.5 Å². The Bertz CT molecular complexity index is 1690. The van der Waals surface area contributed by atoms with Gasteiger partial charge < -0.3 is 33.3 Å². The molecule has 0 aliphatic carbocycles. The number of carbonyl (C=O) groups is 3. The molecule has 0 aromatic rings. The number of nitrogens with zero attached hydrogens (tertiary/aromatic N) is 1. The first kappa shape index (κ1) is 82.5.